The standard InChI is InChI=1S/C15H15N2O2P.C2H6/c1-16-15(19)10-6-12-9(7-13(10)20)14(18)8-4-2-3-5-11(8)17-12;1-2/h2-7,9,12,17H,20H2,1H3,(H,16,19);1-2H3. The molecule has 22 heavy (non-hydrogen) atoms. The van der Waals surface area contributed by atoms with Gasteiger partial charge in [-0.15, -0.1) is 9.24 Å². The van der Waals surface area contributed by atoms with Gasteiger partial charge < -0.3 is 10.6 Å². The van der Waals surface area contributed by atoms with E-state index in [2.05, 4.69) is 19.9 Å². The van der Waals surface area contributed by atoms with E-state index in [9.17, 15) is 9.59 Å². The summed E-state index contributed by atoms with van der Waals surface area (Å²) in [4.78, 5) is 24.4. The summed E-state index contributed by atoms with van der Waals surface area (Å²) in [6, 6.07) is 7.29. The van der Waals surface area contributed by atoms with Gasteiger partial charge in [-0.2, -0.15) is 0 Å². The van der Waals surface area contributed by atoms with Crippen molar-refractivity contribution < 1.29 is 9.59 Å². The Morgan fingerprint density at radius 1 is 1.23 bits per heavy atom. The van der Waals surface area contributed by atoms with Crippen molar-refractivity contribution in [1.82, 2.24) is 5.32 Å². The van der Waals surface area contributed by atoms with Crippen LogP contribution in [0.4, 0.5) is 5.69 Å². The Bertz CT molecular complexity index is 664. The minimum Gasteiger partial charge on any atom is -0.377 e. The summed E-state index contributed by atoms with van der Waals surface area (Å²) in [5.74, 6) is -0.305. The molecular formula is C17H21N2O2P. The van der Waals surface area contributed by atoms with Gasteiger partial charge in [-0.3, -0.25) is 9.59 Å². The van der Waals surface area contributed by atoms with E-state index in [1.165, 1.54) is 0 Å². The number of hydrogen-bond donors (Lipinski definition) is 2. The Labute approximate surface area is 133 Å². The average molecular weight is 316 g/mol. The van der Waals surface area contributed by atoms with Crippen molar-refractivity contribution in [3.63, 3.8) is 0 Å². The third kappa shape index (κ3) is 2.84. The maximum atomic E-state index is 12.5. The van der Waals surface area contributed by atoms with E-state index < -0.39 is 0 Å². The van der Waals surface area contributed by atoms with Crippen molar-refractivity contribution in [2.75, 3.05) is 12.4 Å². The van der Waals surface area contributed by atoms with Gasteiger partial charge in [-0.05, 0) is 23.5 Å². The number of carbonyl (C=O) groups excluding carboxylic acids is 2. The second kappa shape index (κ2) is 6.89. The third-order valence-electron chi connectivity index (χ3n) is 3.69. The van der Waals surface area contributed by atoms with Crippen LogP contribution in [0.25, 0.3) is 0 Å². The molecule has 2 aliphatic rings. The number of likely N-dealkylation sites (N-methyl/N-ethyl adjacent to an activating group) is 1. The summed E-state index contributed by atoms with van der Waals surface area (Å²) in [7, 11) is 4.14. The highest BCUT2D eigenvalue weighted by molar-refractivity contribution is 7.23. The van der Waals surface area contributed by atoms with Crippen molar-refractivity contribution in [3.8, 4) is 0 Å². The Balaban J connectivity index is 0.000000847. The van der Waals surface area contributed by atoms with Crippen molar-refractivity contribution in [2.45, 2.75) is 19.9 Å². The fraction of sp³-hybridized carbons (Fsp3) is 0.294. The molecule has 0 saturated carbocycles. The lowest BCUT2D eigenvalue weighted by Crippen LogP contribution is -2.40. The molecule has 1 amide bonds. The van der Waals surface area contributed by atoms with E-state index in [-0.39, 0.29) is 23.7 Å². The Morgan fingerprint density at radius 2 is 1.91 bits per heavy atom. The van der Waals surface area contributed by atoms with Gasteiger partial charge in [-0.25, -0.2) is 0 Å². The smallest absolute Gasteiger partial charge is 0.251 e. The number of carbonyl (C=O) groups is 2. The minimum absolute atomic E-state index is 0.0940. The lowest BCUT2D eigenvalue weighted by atomic mass is 9.81. The van der Waals surface area contributed by atoms with Crippen molar-refractivity contribution in [3.05, 3.63) is 52.9 Å². The molecular weight excluding hydrogens is 295 g/mol. The Morgan fingerprint density at radius 3 is 2.59 bits per heavy atom. The second-order valence-electron chi connectivity index (χ2n) is 4.89. The maximum Gasteiger partial charge on any atom is 0.251 e. The van der Waals surface area contributed by atoms with Gasteiger partial charge in [0.2, 0.25) is 0 Å². The van der Waals surface area contributed by atoms with Gasteiger partial charge in [0.25, 0.3) is 5.91 Å². The van der Waals surface area contributed by atoms with Gasteiger partial charge in [-0.1, -0.05) is 32.1 Å². The zero-order valence-corrected chi connectivity index (χ0v) is 14.2. The van der Waals surface area contributed by atoms with E-state index in [1.807, 2.05) is 50.3 Å². The average Bonchev–Trinajstić information content (AvgIpc) is 2.56. The van der Waals surface area contributed by atoms with E-state index in [4.69, 9.17) is 0 Å². The van der Waals surface area contributed by atoms with Crippen molar-refractivity contribution in [1.29, 1.82) is 0 Å². The summed E-state index contributed by atoms with van der Waals surface area (Å²) < 4.78 is 0. The molecule has 1 aromatic rings. The highest BCUT2D eigenvalue weighted by Gasteiger charge is 2.36. The molecule has 3 unspecified atom stereocenters. The minimum atomic E-state index is -0.259. The molecule has 0 fully saturated rings. The monoisotopic (exact) mass is 316 g/mol. The number of benzene rings is 1. The largest absolute Gasteiger partial charge is 0.377 e. The van der Waals surface area contributed by atoms with Gasteiger partial charge in [0.1, 0.15) is 0 Å². The SMILES string of the molecule is CC.CNC(=O)C1=CC2Nc3ccccc3C(=O)C2C=C1P. The molecule has 1 aromatic carbocycles. The molecule has 3 rings (SSSR count). The summed E-state index contributed by atoms with van der Waals surface area (Å²) in [5, 5.41) is 6.71. The molecule has 4 nitrogen and oxygen atoms in total. The van der Waals surface area contributed by atoms with Crippen molar-refractivity contribution in [2.24, 2.45) is 5.92 Å². The lowest BCUT2D eigenvalue weighted by Gasteiger charge is -2.33. The van der Waals surface area contributed by atoms with Gasteiger partial charge in [0.15, 0.2) is 5.78 Å². The summed E-state index contributed by atoms with van der Waals surface area (Å²) in [6.45, 7) is 4.00. The van der Waals surface area contributed by atoms with E-state index in [1.54, 1.807) is 7.05 Å². The van der Waals surface area contributed by atoms with Crippen LogP contribution in [0.5, 0.6) is 0 Å². The predicted molar refractivity (Wildman–Crippen MR) is 93.0 cm³/mol. The first-order valence-corrected chi connectivity index (χ1v) is 8.01. The molecule has 1 aliphatic carbocycles. The van der Waals surface area contributed by atoms with Crippen LogP contribution >= 0.6 is 9.24 Å². The predicted octanol–water partition coefficient (Wildman–Crippen LogP) is 2.75. The highest BCUT2D eigenvalue weighted by Crippen LogP contribution is 2.36. The van der Waals surface area contributed by atoms with E-state index >= 15 is 0 Å². The molecule has 0 spiro atoms. The second-order valence-corrected chi connectivity index (χ2v) is 5.51. The zero-order valence-electron chi connectivity index (χ0n) is 13.0. The number of para-hydroxylation sites is 1. The number of nitrogens with one attached hydrogen (secondary N) is 2. The van der Waals surface area contributed by atoms with Gasteiger partial charge >= 0.3 is 0 Å². The lowest BCUT2D eigenvalue weighted by molar-refractivity contribution is -0.116. The molecule has 0 radical (unpaired) electrons. The van der Waals surface area contributed by atoms with E-state index in [0.29, 0.717) is 11.1 Å². The highest BCUT2D eigenvalue weighted by atomic mass is 31.0. The fourth-order valence-electron chi connectivity index (χ4n) is 2.66. The number of Topliss-reactive ketones (excluding diaryl/α,β-unsaturated/α-hetero) is 1. The quantitative estimate of drug-likeness (QED) is 0.783. The number of ketones is 1. The number of hydrogen-bond acceptors (Lipinski definition) is 3. The molecule has 0 bridgehead atoms. The molecule has 116 valence electrons. The Kier molecular flexibility index (Phi) is 5.15. The normalized spacial score (nSPS) is 21.9. The van der Waals surface area contributed by atoms with Crippen LogP contribution in [0.2, 0.25) is 0 Å². The maximum absolute atomic E-state index is 12.5. The zero-order chi connectivity index (χ0) is 16.3. The number of rotatable bonds is 1. The number of fused-ring (bicyclic) bond motifs is 2. The van der Waals surface area contributed by atoms with Crippen LogP contribution in [0.1, 0.15) is 24.2 Å². The molecule has 1 heterocycles. The molecule has 0 saturated heterocycles. The topological polar surface area (TPSA) is 58.2 Å². The summed E-state index contributed by atoms with van der Waals surface area (Å²) in [6.07, 6.45) is 3.69. The fourth-order valence-corrected chi connectivity index (χ4v) is 3.10. The van der Waals surface area contributed by atoms with Crippen LogP contribution in [-0.2, 0) is 4.79 Å². The third-order valence-corrected chi connectivity index (χ3v) is 4.20. The van der Waals surface area contributed by atoms with Gasteiger partial charge in [0.05, 0.1) is 12.0 Å². The number of amides is 1. The summed E-state index contributed by atoms with van der Waals surface area (Å²) >= 11 is 0. The molecule has 5 heteroatoms. The van der Waals surface area contributed by atoms with Crippen LogP contribution in [-0.4, -0.2) is 24.8 Å². The Hall–Kier alpha value is -1.93. The first-order valence-electron chi connectivity index (χ1n) is 7.43. The molecule has 1 aliphatic heterocycles. The van der Waals surface area contributed by atoms with Crippen LogP contribution in [0.15, 0.2) is 47.3 Å². The first kappa shape index (κ1) is 16.4. The van der Waals surface area contributed by atoms with Crippen molar-refractivity contribution >= 4 is 26.6 Å². The van der Waals surface area contributed by atoms with Gasteiger partial charge in [0, 0.05) is 23.9 Å². The van der Waals surface area contributed by atoms with E-state index in [0.717, 1.165) is 11.0 Å². The first-order chi connectivity index (χ1) is 10.6. The van der Waals surface area contributed by atoms with Crippen LogP contribution in [0, 0.1) is 5.92 Å². The molecule has 3 atom stereocenters. The summed E-state index contributed by atoms with van der Waals surface area (Å²) in [5.41, 5.74) is 2.13. The molecule has 0 aromatic heterocycles. The van der Waals surface area contributed by atoms with Crippen LogP contribution < -0.4 is 10.6 Å². The molecule has 2 N–H and O–H groups in total. The van der Waals surface area contributed by atoms with Crippen LogP contribution in [0.3, 0.4) is 0 Å². The number of anilines is 1.